The van der Waals surface area contributed by atoms with E-state index in [9.17, 15) is 0 Å². The third-order valence-corrected chi connectivity index (χ3v) is 5.23. The van der Waals surface area contributed by atoms with E-state index in [1.54, 1.807) is 11.3 Å². The predicted molar refractivity (Wildman–Crippen MR) is 86.7 cm³/mol. The highest BCUT2D eigenvalue weighted by Crippen LogP contribution is 2.32. The summed E-state index contributed by atoms with van der Waals surface area (Å²) >= 11 is 5.33. The van der Waals surface area contributed by atoms with Gasteiger partial charge in [-0.25, -0.2) is 0 Å². The minimum Gasteiger partial charge on any atom is -0.320 e. The van der Waals surface area contributed by atoms with Crippen LogP contribution in [0.2, 0.25) is 0 Å². The first kappa shape index (κ1) is 12.9. The van der Waals surface area contributed by atoms with Crippen molar-refractivity contribution in [2.24, 2.45) is 5.73 Å². The van der Waals surface area contributed by atoms with Crippen molar-refractivity contribution in [2.45, 2.75) is 13.0 Å². The van der Waals surface area contributed by atoms with Crippen molar-refractivity contribution < 1.29 is 0 Å². The summed E-state index contributed by atoms with van der Waals surface area (Å²) in [5.41, 5.74) is 10.0. The van der Waals surface area contributed by atoms with Crippen molar-refractivity contribution >= 4 is 37.4 Å². The molecule has 3 rings (SSSR count). The largest absolute Gasteiger partial charge is 0.320 e. The Balaban J connectivity index is 2.10. The van der Waals surface area contributed by atoms with Crippen LogP contribution in [0.25, 0.3) is 10.1 Å². The monoisotopic (exact) mass is 331 g/mol. The predicted octanol–water partition coefficient (Wildman–Crippen LogP) is 5.02. The van der Waals surface area contributed by atoms with Crippen LogP contribution in [0.4, 0.5) is 0 Å². The van der Waals surface area contributed by atoms with Crippen molar-refractivity contribution in [1.29, 1.82) is 0 Å². The molecule has 2 N–H and O–H groups in total. The first-order valence-corrected chi connectivity index (χ1v) is 7.82. The summed E-state index contributed by atoms with van der Waals surface area (Å²) < 4.78 is 2.39. The molecule has 0 aliphatic carbocycles. The fourth-order valence-corrected chi connectivity index (χ4v) is 3.59. The van der Waals surface area contributed by atoms with Crippen LogP contribution < -0.4 is 5.73 Å². The van der Waals surface area contributed by atoms with E-state index in [2.05, 4.69) is 70.7 Å². The maximum absolute atomic E-state index is 6.45. The minimum absolute atomic E-state index is 0.0840. The highest BCUT2D eigenvalue weighted by atomic mass is 79.9. The van der Waals surface area contributed by atoms with Gasteiger partial charge in [0.1, 0.15) is 0 Å². The van der Waals surface area contributed by atoms with Crippen LogP contribution >= 0.6 is 27.3 Å². The summed E-state index contributed by atoms with van der Waals surface area (Å²) in [5.74, 6) is 0. The molecule has 0 saturated carbocycles. The van der Waals surface area contributed by atoms with Gasteiger partial charge in [-0.3, -0.25) is 0 Å². The fraction of sp³-hybridized carbons (Fsp3) is 0.125. The number of halogens is 1. The molecule has 0 amide bonds. The van der Waals surface area contributed by atoms with Gasteiger partial charge >= 0.3 is 0 Å². The average molecular weight is 332 g/mol. The van der Waals surface area contributed by atoms with Crippen LogP contribution in [0.15, 0.2) is 52.3 Å². The number of thiophene rings is 1. The molecule has 3 aromatic rings. The Bertz CT molecular complexity index is 732. The quantitative estimate of drug-likeness (QED) is 0.700. The van der Waals surface area contributed by atoms with Crippen LogP contribution in [0.5, 0.6) is 0 Å². The molecule has 0 spiro atoms. The lowest BCUT2D eigenvalue weighted by Gasteiger charge is -2.14. The first-order valence-electron chi connectivity index (χ1n) is 6.14. The lowest BCUT2D eigenvalue weighted by atomic mass is 9.98. The van der Waals surface area contributed by atoms with Gasteiger partial charge in [-0.2, -0.15) is 0 Å². The van der Waals surface area contributed by atoms with Gasteiger partial charge in [-0.05, 0) is 46.5 Å². The first-order chi connectivity index (χ1) is 9.16. The van der Waals surface area contributed by atoms with E-state index < -0.39 is 0 Å². The third kappa shape index (κ3) is 2.34. The van der Waals surface area contributed by atoms with Gasteiger partial charge in [0.05, 0.1) is 6.04 Å². The number of aryl methyl sites for hydroxylation is 1. The second-order valence-electron chi connectivity index (χ2n) is 4.67. The Kier molecular flexibility index (Phi) is 3.44. The van der Waals surface area contributed by atoms with E-state index in [1.165, 1.54) is 21.2 Å². The van der Waals surface area contributed by atoms with Crippen LogP contribution in [-0.2, 0) is 0 Å². The second-order valence-corrected chi connectivity index (χ2v) is 6.44. The van der Waals surface area contributed by atoms with Crippen molar-refractivity contribution in [3.8, 4) is 0 Å². The summed E-state index contributed by atoms with van der Waals surface area (Å²) in [6.07, 6.45) is 0. The normalized spacial score (nSPS) is 12.8. The van der Waals surface area contributed by atoms with E-state index in [4.69, 9.17) is 5.73 Å². The molecule has 0 radical (unpaired) electrons. The molecule has 0 fully saturated rings. The smallest absolute Gasteiger partial charge is 0.0566 e. The molecule has 1 unspecified atom stereocenters. The zero-order chi connectivity index (χ0) is 13.4. The fourth-order valence-electron chi connectivity index (χ4n) is 2.24. The summed E-state index contributed by atoms with van der Waals surface area (Å²) in [5, 5.41) is 3.38. The molecule has 0 aliphatic rings. The lowest BCUT2D eigenvalue weighted by molar-refractivity contribution is 0.880. The molecule has 2 aromatic carbocycles. The maximum Gasteiger partial charge on any atom is 0.0566 e. The van der Waals surface area contributed by atoms with Gasteiger partial charge in [0, 0.05) is 9.17 Å². The second kappa shape index (κ2) is 5.08. The van der Waals surface area contributed by atoms with Gasteiger partial charge in [0.2, 0.25) is 0 Å². The SMILES string of the molecule is Cc1ccc(C(N)c2cccc3ccsc23)cc1Br. The molecule has 0 bridgehead atoms. The van der Waals surface area contributed by atoms with Gasteiger partial charge < -0.3 is 5.73 Å². The number of benzene rings is 2. The van der Waals surface area contributed by atoms with Gasteiger partial charge in [-0.1, -0.05) is 46.3 Å². The molecule has 0 saturated heterocycles. The van der Waals surface area contributed by atoms with E-state index in [1.807, 2.05) is 0 Å². The van der Waals surface area contributed by atoms with Crippen LogP contribution in [0.3, 0.4) is 0 Å². The van der Waals surface area contributed by atoms with Gasteiger partial charge in [0.25, 0.3) is 0 Å². The average Bonchev–Trinajstić information content (AvgIpc) is 2.89. The number of nitrogens with two attached hydrogens (primary N) is 1. The molecule has 1 atom stereocenters. The van der Waals surface area contributed by atoms with E-state index >= 15 is 0 Å². The molecular weight excluding hydrogens is 318 g/mol. The number of hydrogen-bond acceptors (Lipinski definition) is 2. The van der Waals surface area contributed by atoms with Crippen LogP contribution in [0, 0.1) is 6.92 Å². The Morgan fingerprint density at radius 2 is 2.00 bits per heavy atom. The molecule has 1 heterocycles. The minimum atomic E-state index is -0.0840. The van der Waals surface area contributed by atoms with Crippen molar-refractivity contribution in [1.82, 2.24) is 0 Å². The summed E-state index contributed by atoms with van der Waals surface area (Å²) in [7, 11) is 0. The molecule has 3 heteroatoms. The lowest BCUT2D eigenvalue weighted by Crippen LogP contribution is -2.12. The van der Waals surface area contributed by atoms with E-state index in [0.29, 0.717) is 0 Å². The van der Waals surface area contributed by atoms with Gasteiger partial charge in [0.15, 0.2) is 0 Å². The summed E-state index contributed by atoms with van der Waals surface area (Å²) in [4.78, 5) is 0. The van der Waals surface area contributed by atoms with Crippen molar-refractivity contribution in [3.63, 3.8) is 0 Å². The Labute approximate surface area is 125 Å². The number of hydrogen-bond donors (Lipinski definition) is 1. The number of rotatable bonds is 2. The standard InChI is InChI=1S/C16H14BrNS/c1-10-5-6-12(9-14(10)17)15(18)13-4-2-3-11-7-8-19-16(11)13/h2-9,15H,18H2,1H3. The topological polar surface area (TPSA) is 26.0 Å². The van der Waals surface area contributed by atoms with Crippen LogP contribution in [0.1, 0.15) is 22.7 Å². The Hall–Kier alpha value is -1.16. The zero-order valence-electron chi connectivity index (χ0n) is 10.6. The maximum atomic E-state index is 6.45. The summed E-state index contributed by atoms with van der Waals surface area (Å²) in [6.45, 7) is 2.08. The molecule has 1 aromatic heterocycles. The van der Waals surface area contributed by atoms with E-state index in [-0.39, 0.29) is 6.04 Å². The molecule has 0 aliphatic heterocycles. The molecule has 96 valence electrons. The molecular formula is C16H14BrNS. The molecule has 19 heavy (non-hydrogen) atoms. The van der Waals surface area contributed by atoms with Gasteiger partial charge in [-0.15, -0.1) is 11.3 Å². The Morgan fingerprint density at radius 1 is 1.16 bits per heavy atom. The molecule has 1 nitrogen and oxygen atoms in total. The van der Waals surface area contributed by atoms with E-state index in [0.717, 1.165) is 10.0 Å². The Morgan fingerprint density at radius 3 is 2.79 bits per heavy atom. The van der Waals surface area contributed by atoms with Crippen molar-refractivity contribution in [3.05, 3.63) is 69.0 Å². The highest BCUT2D eigenvalue weighted by molar-refractivity contribution is 9.10. The van der Waals surface area contributed by atoms with Crippen LogP contribution in [-0.4, -0.2) is 0 Å². The zero-order valence-corrected chi connectivity index (χ0v) is 13.0. The van der Waals surface area contributed by atoms with Crippen molar-refractivity contribution in [2.75, 3.05) is 0 Å². The summed E-state index contributed by atoms with van der Waals surface area (Å²) in [6, 6.07) is 14.7. The third-order valence-electron chi connectivity index (χ3n) is 3.40. The highest BCUT2D eigenvalue weighted by Gasteiger charge is 2.13. The number of fused-ring (bicyclic) bond motifs is 1.